The molecule has 1 aromatic carbocycles. The van der Waals surface area contributed by atoms with Crippen molar-refractivity contribution in [3.63, 3.8) is 0 Å². The molecule has 112 valence electrons. The quantitative estimate of drug-likeness (QED) is 0.929. The van der Waals surface area contributed by atoms with Crippen LogP contribution in [0.15, 0.2) is 24.3 Å². The van der Waals surface area contributed by atoms with Crippen molar-refractivity contribution in [3.8, 4) is 0 Å². The average molecular weight is 287 g/mol. The number of likely N-dealkylation sites (tertiary alicyclic amines) is 1. The van der Waals surface area contributed by atoms with E-state index in [-0.39, 0.29) is 11.8 Å². The van der Waals surface area contributed by atoms with E-state index in [1.54, 1.807) is 0 Å². The number of rotatable bonds is 3. The molecule has 0 radical (unpaired) electrons. The molecule has 2 aliphatic rings. The van der Waals surface area contributed by atoms with E-state index in [4.69, 9.17) is 5.11 Å². The number of aryl methyl sites for hydroxylation is 1. The first-order chi connectivity index (χ1) is 10.1. The van der Waals surface area contributed by atoms with Gasteiger partial charge in [0.2, 0.25) is 5.91 Å². The summed E-state index contributed by atoms with van der Waals surface area (Å²) in [5, 5.41) is 9.00. The zero-order chi connectivity index (χ0) is 14.8. The SMILES string of the molecule is O=C(O)C1CCN(C(=O)C[C@H]2CCc3ccccc32)CC1. The van der Waals surface area contributed by atoms with E-state index in [1.807, 2.05) is 11.0 Å². The Bertz CT molecular complexity index is 547. The number of benzene rings is 1. The van der Waals surface area contributed by atoms with Crippen molar-refractivity contribution in [2.75, 3.05) is 13.1 Å². The molecule has 1 aliphatic carbocycles. The van der Waals surface area contributed by atoms with Crippen LogP contribution in [0.3, 0.4) is 0 Å². The summed E-state index contributed by atoms with van der Waals surface area (Å²) >= 11 is 0. The lowest BCUT2D eigenvalue weighted by molar-refractivity contribution is -0.145. The Balaban J connectivity index is 1.57. The largest absolute Gasteiger partial charge is 0.481 e. The normalized spacial score (nSPS) is 22.1. The third-order valence-electron chi connectivity index (χ3n) is 4.87. The van der Waals surface area contributed by atoms with Crippen molar-refractivity contribution in [2.45, 2.75) is 38.0 Å². The molecule has 21 heavy (non-hydrogen) atoms. The number of carboxylic acids is 1. The summed E-state index contributed by atoms with van der Waals surface area (Å²) < 4.78 is 0. The highest BCUT2D eigenvalue weighted by Gasteiger charge is 2.30. The average Bonchev–Trinajstić information content (AvgIpc) is 2.91. The lowest BCUT2D eigenvalue weighted by Gasteiger charge is -2.31. The van der Waals surface area contributed by atoms with Crippen LogP contribution in [-0.4, -0.2) is 35.0 Å². The molecule has 0 bridgehead atoms. The first-order valence-corrected chi connectivity index (χ1v) is 7.73. The molecule has 4 heteroatoms. The van der Waals surface area contributed by atoms with E-state index in [1.165, 1.54) is 11.1 Å². The Morgan fingerprint density at radius 2 is 1.86 bits per heavy atom. The molecule has 1 atom stereocenters. The standard InChI is InChI=1S/C17H21NO3/c19-16(18-9-7-13(8-10-18)17(20)21)11-14-6-5-12-3-1-2-4-15(12)14/h1-4,13-14H,5-11H2,(H,20,21)/t14-/m1/s1. The molecule has 1 N–H and O–H groups in total. The van der Waals surface area contributed by atoms with Gasteiger partial charge < -0.3 is 10.0 Å². The predicted molar refractivity (Wildman–Crippen MR) is 79.1 cm³/mol. The van der Waals surface area contributed by atoms with Gasteiger partial charge in [-0.1, -0.05) is 24.3 Å². The number of hydrogen-bond acceptors (Lipinski definition) is 2. The number of carbonyl (C=O) groups is 2. The van der Waals surface area contributed by atoms with E-state index >= 15 is 0 Å². The van der Waals surface area contributed by atoms with Crippen molar-refractivity contribution in [1.29, 1.82) is 0 Å². The van der Waals surface area contributed by atoms with Gasteiger partial charge in [0.25, 0.3) is 0 Å². The first-order valence-electron chi connectivity index (χ1n) is 7.73. The van der Waals surface area contributed by atoms with Crippen LogP contribution in [0.4, 0.5) is 0 Å². The fourth-order valence-electron chi connectivity index (χ4n) is 3.57. The second-order valence-corrected chi connectivity index (χ2v) is 6.13. The van der Waals surface area contributed by atoms with Crippen molar-refractivity contribution >= 4 is 11.9 Å². The number of carbonyl (C=O) groups excluding carboxylic acids is 1. The summed E-state index contributed by atoms with van der Waals surface area (Å²) in [6.45, 7) is 1.17. The summed E-state index contributed by atoms with van der Waals surface area (Å²) in [7, 11) is 0. The van der Waals surface area contributed by atoms with Crippen LogP contribution in [0.25, 0.3) is 0 Å². The number of nitrogens with zero attached hydrogens (tertiary/aromatic N) is 1. The smallest absolute Gasteiger partial charge is 0.306 e. The van der Waals surface area contributed by atoms with Crippen molar-refractivity contribution in [1.82, 2.24) is 4.90 Å². The fourth-order valence-corrected chi connectivity index (χ4v) is 3.57. The molecule has 1 heterocycles. The molecule has 1 aliphatic heterocycles. The maximum absolute atomic E-state index is 12.4. The first kappa shape index (κ1) is 14.1. The highest BCUT2D eigenvalue weighted by molar-refractivity contribution is 5.78. The molecule has 3 rings (SSSR count). The van der Waals surface area contributed by atoms with Gasteiger partial charge in [-0.15, -0.1) is 0 Å². The minimum atomic E-state index is -0.730. The summed E-state index contributed by atoms with van der Waals surface area (Å²) in [6, 6.07) is 8.38. The Labute approximate surface area is 124 Å². The number of hydrogen-bond donors (Lipinski definition) is 1. The molecular formula is C17H21NO3. The zero-order valence-electron chi connectivity index (χ0n) is 12.1. The number of fused-ring (bicyclic) bond motifs is 1. The van der Waals surface area contributed by atoms with E-state index in [0.717, 1.165) is 12.8 Å². The van der Waals surface area contributed by atoms with E-state index in [2.05, 4.69) is 18.2 Å². The molecule has 4 nitrogen and oxygen atoms in total. The number of piperidine rings is 1. The highest BCUT2D eigenvalue weighted by atomic mass is 16.4. The third-order valence-corrected chi connectivity index (χ3v) is 4.87. The van der Waals surface area contributed by atoms with Gasteiger partial charge in [-0.2, -0.15) is 0 Å². The Morgan fingerprint density at radius 1 is 1.14 bits per heavy atom. The Hall–Kier alpha value is -1.84. The van der Waals surface area contributed by atoms with Crippen LogP contribution in [0.5, 0.6) is 0 Å². The summed E-state index contributed by atoms with van der Waals surface area (Å²) in [4.78, 5) is 25.2. The fraction of sp³-hybridized carbons (Fsp3) is 0.529. The zero-order valence-corrected chi connectivity index (χ0v) is 12.1. The molecule has 0 saturated carbocycles. The lowest BCUT2D eigenvalue weighted by Crippen LogP contribution is -2.40. The predicted octanol–water partition coefficient (Wildman–Crippen LogP) is 2.43. The molecule has 1 fully saturated rings. The van der Waals surface area contributed by atoms with Crippen LogP contribution < -0.4 is 0 Å². The molecule has 0 unspecified atom stereocenters. The van der Waals surface area contributed by atoms with E-state index < -0.39 is 5.97 Å². The number of carboxylic acid groups (broad SMARTS) is 1. The third kappa shape index (κ3) is 2.94. The van der Waals surface area contributed by atoms with Gasteiger partial charge in [0.05, 0.1) is 5.92 Å². The van der Waals surface area contributed by atoms with Crippen LogP contribution in [-0.2, 0) is 16.0 Å². The van der Waals surface area contributed by atoms with Crippen molar-refractivity contribution in [2.24, 2.45) is 5.92 Å². The van der Waals surface area contributed by atoms with Gasteiger partial charge in [0.15, 0.2) is 0 Å². The topological polar surface area (TPSA) is 57.6 Å². The number of amides is 1. The molecule has 1 saturated heterocycles. The van der Waals surface area contributed by atoms with Crippen LogP contribution in [0.2, 0.25) is 0 Å². The van der Waals surface area contributed by atoms with Gasteiger partial charge in [0, 0.05) is 19.5 Å². The van der Waals surface area contributed by atoms with Gasteiger partial charge in [-0.3, -0.25) is 9.59 Å². The van der Waals surface area contributed by atoms with Gasteiger partial charge in [-0.05, 0) is 42.7 Å². The second kappa shape index (κ2) is 5.88. The minimum Gasteiger partial charge on any atom is -0.481 e. The second-order valence-electron chi connectivity index (χ2n) is 6.13. The number of aliphatic carboxylic acids is 1. The van der Waals surface area contributed by atoms with Gasteiger partial charge >= 0.3 is 5.97 Å². The monoisotopic (exact) mass is 287 g/mol. The highest BCUT2D eigenvalue weighted by Crippen LogP contribution is 2.35. The lowest BCUT2D eigenvalue weighted by atomic mass is 9.94. The summed E-state index contributed by atoms with van der Waals surface area (Å²) in [6.07, 6.45) is 3.85. The Kier molecular flexibility index (Phi) is 3.95. The minimum absolute atomic E-state index is 0.181. The summed E-state index contributed by atoms with van der Waals surface area (Å²) in [5.74, 6) is -0.487. The molecule has 1 aromatic rings. The molecule has 0 aromatic heterocycles. The van der Waals surface area contributed by atoms with Crippen LogP contribution in [0, 0.1) is 5.92 Å². The van der Waals surface area contributed by atoms with E-state index in [0.29, 0.717) is 38.3 Å². The molecular weight excluding hydrogens is 266 g/mol. The van der Waals surface area contributed by atoms with Gasteiger partial charge in [-0.25, -0.2) is 0 Å². The van der Waals surface area contributed by atoms with Crippen LogP contribution >= 0.6 is 0 Å². The van der Waals surface area contributed by atoms with Crippen LogP contribution in [0.1, 0.15) is 42.7 Å². The van der Waals surface area contributed by atoms with Crippen molar-refractivity contribution in [3.05, 3.63) is 35.4 Å². The van der Waals surface area contributed by atoms with Crippen molar-refractivity contribution < 1.29 is 14.7 Å². The molecule has 0 spiro atoms. The summed E-state index contributed by atoms with van der Waals surface area (Å²) in [5.41, 5.74) is 2.70. The Morgan fingerprint density at radius 3 is 2.57 bits per heavy atom. The maximum atomic E-state index is 12.4. The maximum Gasteiger partial charge on any atom is 0.306 e. The molecule has 1 amide bonds. The van der Waals surface area contributed by atoms with E-state index in [9.17, 15) is 9.59 Å². The van der Waals surface area contributed by atoms with Gasteiger partial charge in [0.1, 0.15) is 0 Å².